The lowest BCUT2D eigenvalue weighted by Crippen LogP contribution is -2.00. The van der Waals surface area contributed by atoms with E-state index in [1.54, 1.807) is 6.07 Å². The Morgan fingerprint density at radius 1 is 1.38 bits per heavy atom. The van der Waals surface area contributed by atoms with Gasteiger partial charge in [-0.05, 0) is 6.92 Å². The van der Waals surface area contributed by atoms with Gasteiger partial charge >= 0.3 is 12.0 Å². The van der Waals surface area contributed by atoms with Crippen LogP contribution in [0.1, 0.15) is 5.69 Å². The summed E-state index contributed by atoms with van der Waals surface area (Å²) < 4.78 is 9.92. The summed E-state index contributed by atoms with van der Waals surface area (Å²) in [6.07, 6.45) is 0. The molecule has 0 bridgehead atoms. The first-order valence-corrected chi connectivity index (χ1v) is 4.43. The van der Waals surface area contributed by atoms with E-state index in [0.717, 1.165) is 5.69 Å². The van der Waals surface area contributed by atoms with E-state index in [0.29, 0.717) is 11.8 Å². The van der Waals surface area contributed by atoms with E-state index in [1.807, 2.05) is 6.92 Å². The maximum absolute atomic E-state index is 5.27. The Morgan fingerprint density at radius 3 is 2.81 bits per heavy atom. The number of aromatic nitrogens is 4. The molecule has 0 saturated carbocycles. The number of nitrogens with one attached hydrogen (secondary N) is 1. The van der Waals surface area contributed by atoms with E-state index in [4.69, 9.17) is 14.9 Å². The molecule has 0 saturated heterocycles. The van der Waals surface area contributed by atoms with Crippen molar-refractivity contribution in [3.63, 3.8) is 0 Å². The van der Waals surface area contributed by atoms with Crippen LogP contribution in [0.15, 0.2) is 10.5 Å². The molecular formula is C8H10N6O2. The molecule has 0 aliphatic rings. The zero-order valence-corrected chi connectivity index (χ0v) is 8.76. The molecule has 0 spiro atoms. The first kappa shape index (κ1) is 10.1. The van der Waals surface area contributed by atoms with Crippen LogP contribution in [-0.4, -0.2) is 27.3 Å². The predicted octanol–water partition coefficient (Wildman–Crippen LogP) is 0.502. The van der Waals surface area contributed by atoms with Gasteiger partial charge < -0.3 is 14.9 Å². The molecule has 3 N–H and O–H groups in total. The van der Waals surface area contributed by atoms with Crippen molar-refractivity contribution in [1.82, 2.24) is 20.2 Å². The Labute approximate surface area is 90.9 Å². The third kappa shape index (κ3) is 2.16. The van der Waals surface area contributed by atoms with Gasteiger partial charge in [0.15, 0.2) is 0 Å². The summed E-state index contributed by atoms with van der Waals surface area (Å²) in [6.45, 7) is 1.82. The van der Waals surface area contributed by atoms with Crippen LogP contribution in [-0.2, 0) is 0 Å². The van der Waals surface area contributed by atoms with Gasteiger partial charge in [-0.1, -0.05) is 10.2 Å². The molecule has 2 heterocycles. The van der Waals surface area contributed by atoms with Crippen LogP contribution in [0.2, 0.25) is 0 Å². The predicted molar refractivity (Wildman–Crippen MR) is 55.3 cm³/mol. The zero-order valence-electron chi connectivity index (χ0n) is 8.76. The number of nitrogens with two attached hydrogens (primary N) is 1. The van der Waals surface area contributed by atoms with Crippen LogP contribution in [0.4, 0.5) is 18.0 Å². The van der Waals surface area contributed by atoms with Crippen LogP contribution in [0.5, 0.6) is 5.88 Å². The average Bonchev–Trinajstić information content (AvgIpc) is 2.63. The molecule has 84 valence electrons. The van der Waals surface area contributed by atoms with Crippen molar-refractivity contribution in [3.8, 4) is 5.88 Å². The molecule has 0 atom stereocenters. The van der Waals surface area contributed by atoms with Crippen molar-refractivity contribution < 1.29 is 9.15 Å². The number of aryl methyl sites for hydroxylation is 1. The van der Waals surface area contributed by atoms with E-state index in [9.17, 15) is 0 Å². The minimum atomic E-state index is -0.0258. The fourth-order valence-corrected chi connectivity index (χ4v) is 1.08. The third-order valence-corrected chi connectivity index (χ3v) is 1.70. The number of nitrogen functional groups attached to an aromatic ring is 1. The molecule has 0 aliphatic heterocycles. The first-order chi connectivity index (χ1) is 7.67. The Bertz CT molecular complexity index is 497. The van der Waals surface area contributed by atoms with Crippen molar-refractivity contribution in [2.24, 2.45) is 0 Å². The van der Waals surface area contributed by atoms with Crippen molar-refractivity contribution in [1.29, 1.82) is 0 Å². The highest BCUT2D eigenvalue weighted by molar-refractivity contribution is 5.42. The lowest BCUT2D eigenvalue weighted by Gasteiger charge is -2.03. The molecule has 0 amide bonds. The average molecular weight is 222 g/mol. The number of anilines is 3. The van der Waals surface area contributed by atoms with Crippen LogP contribution in [0.3, 0.4) is 0 Å². The summed E-state index contributed by atoms with van der Waals surface area (Å²) >= 11 is 0. The molecule has 0 radical (unpaired) electrons. The Kier molecular flexibility index (Phi) is 2.54. The Morgan fingerprint density at radius 2 is 2.19 bits per heavy atom. The second-order valence-electron chi connectivity index (χ2n) is 2.95. The number of hydrogen-bond donors (Lipinski definition) is 2. The first-order valence-electron chi connectivity index (χ1n) is 4.43. The molecule has 16 heavy (non-hydrogen) atoms. The van der Waals surface area contributed by atoms with Crippen LogP contribution >= 0.6 is 0 Å². The summed E-state index contributed by atoms with van der Waals surface area (Å²) in [6, 6.07) is 1.81. The molecule has 2 aromatic rings. The molecule has 2 rings (SSSR count). The highest BCUT2D eigenvalue weighted by Crippen LogP contribution is 2.15. The van der Waals surface area contributed by atoms with E-state index >= 15 is 0 Å². The monoisotopic (exact) mass is 222 g/mol. The van der Waals surface area contributed by atoms with E-state index in [-0.39, 0.29) is 12.0 Å². The van der Waals surface area contributed by atoms with Crippen LogP contribution in [0.25, 0.3) is 0 Å². The normalized spacial score (nSPS) is 10.1. The van der Waals surface area contributed by atoms with Gasteiger partial charge in [-0.25, -0.2) is 4.98 Å². The molecule has 0 aromatic carbocycles. The SMILES string of the molecule is COc1cc(C)nc(Nc2nnc(N)o2)n1. The summed E-state index contributed by atoms with van der Waals surface area (Å²) in [5, 5.41) is 9.83. The molecule has 8 nitrogen and oxygen atoms in total. The summed E-state index contributed by atoms with van der Waals surface area (Å²) in [5.74, 6) is 0.753. The van der Waals surface area contributed by atoms with Gasteiger partial charge in [0.05, 0.1) is 7.11 Å². The molecular weight excluding hydrogens is 212 g/mol. The quantitative estimate of drug-likeness (QED) is 0.772. The summed E-state index contributed by atoms with van der Waals surface area (Å²) in [7, 11) is 1.52. The van der Waals surface area contributed by atoms with Gasteiger partial charge in [-0.3, -0.25) is 5.32 Å². The number of methoxy groups -OCH3 is 1. The van der Waals surface area contributed by atoms with Gasteiger partial charge in [-0.2, -0.15) is 4.98 Å². The number of ether oxygens (including phenoxy) is 1. The van der Waals surface area contributed by atoms with Gasteiger partial charge in [-0.15, -0.1) is 0 Å². The van der Waals surface area contributed by atoms with Crippen molar-refractivity contribution in [2.75, 3.05) is 18.2 Å². The van der Waals surface area contributed by atoms with Crippen LogP contribution < -0.4 is 15.8 Å². The summed E-state index contributed by atoms with van der Waals surface area (Å²) in [5.41, 5.74) is 6.02. The van der Waals surface area contributed by atoms with Crippen LogP contribution in [0, 0.1) is 6.92 Å². The maximum Gasteiger partial charge on any atom is 0.323 e. The van der Waals surface area contributed by atoms with E-state index in [2.05, 4.69) is 25.5 Å². The third-order valence-electron chi connectivity index (χ3n) is 1.70. The van der Waals surface area contributed by atoms with Crippen molar-refractivity contribution in [3.05, 3.63) is 11.8 Å². The molecule has 0 aliphatic carbocycles. The number of nitrogens with zero attached hydrogens (tertiary/aromatic N) is 4. The largest absolute Gasteiger partial charge is 0.481 e. The topological polar surface area (TPSA) is 112 Å². The standard InChI is InChI=1S/C8H10N6O2/c1-4-3-5(15-2)11-7(10-4)12-8-14-13-6(9)16-8/h3H,1-2H3,(H2,9,13)(H,10,11,12,14). The highest BCUT2D eigenvalue weighted by atomic mass is 16.5. The smallest absolute Gasteiger partial charge is 0.323 e. The van der Waals surface area contributed by atoms with Crippen molar-refractivity contribution >= 4 is 18.0 Å². The number of rotatable bonds is 3. The maximum atomic E-state index is 5.27. The molecule has 0 fully saturated rings. The lowest BCUT2D eigenvalue weighted by atomic mass is 10.4. The highest BCUT2D eigenvalue weighted by Gasteiger charge is 2.07. The lowest BCUT2D eigenvalue weighted by molar-refractivity contribution is 0.397. The van der Waals surface area contributed by atoms with E-state index < -0.39 is 0 Å². The molecule has 0 unspecified atom stereocenters. The minimum absolute atomic E-state index is 0.0258. The summed E-state index contributed by atoms with van der Waals surface area (Å²) in [4.78, 5) is 8.16. The zero-order chi connectivity index (χ0) is 11.5. The second-order valence-corrected chi connectivity index (χ2v) is 2.95. The number of hydrogen-bond acceptors (Lipinski definition) is 8. The van der Waals surface area contributed by atoms with Crippen molar-refractivity contribution in [2.45, 2.75) is 6.92 Å². The molecule has 2 aromatic heterocycles. The Balaban J connectivity index is 2.24. The van der Waals surface area contributed by atoms with E-state index in [1.165, 1.54) is 7.11 Å². The minimum Gasteiger partial charge on any atom is -0.481 e. The fraction of sp³-hybridized carbons (Fsp3) is 0.250. The second kappa shape index (κ2) is 4.01. The molecule has 8 heteroatoms. The fourth-order valence-electron chi connectivity index (χ4n) is 1.08. The van der Waals surface area contributed by atoms with Gasteiger partial charge in [0.1, 0.15) is 0 Å². The van der Waals surface area contributed by atoms with Gasteiger partial charge in [0, 0.05) is 11.8 Å². The van der Waals surface area contributed by atoms with Gasteiger partial charge in [0.25, 0.3) is 0 Å². The van der Waals surface area contributed by atoms with Gasteiger partial charge in [0.2, 0.25) is 11.8 Å². The Hall–Kier alpha value is -2.38.